The summed E-state index contributed by atoms with van der Waals surface area (Å²) >= 11 is 0. The first-order valence-electron chi connectivity index (χ1n) is 8.22. The van der Waals surface area contributed by atoms with Crippen LogP contribution in [0.3, 0.4) is 0 Å². The van der Waals surface area contributed by atoms with Gasteiger partial charge in [-0.3, -0.25) is 0 Å². The molecule has 2 N–H and O–H groups in total. The Bertz CT molecular complexity index is 1000. The Morgan fingerprint density at radius 2 is 1.52 bits per heavy atom. The number of nitrogen functional groups attached to an aromatic ring is 1. The molecular formula is C21H18FN3. The highest BCUT2D eigenvalue weighted by Crippen LogP contribution is 2.21. The maximum Gasteiger partial charge on any atom is 0.123 e. The number of nitrogens with zero attached hydrogens (tertiary/aromatic N) is 2. The van der Waals surface area contributed by atoms with Crippen LogP contribution < -0.4 is 5.73 Å². The van der Waals surface area contributed by atoms with E-state index in [1.807, 2.05) is 54.6 Å². The van der Waals surface area contributed by atoms with Gasteiger partial charge < -0.3 is 10.3 Å². The van der Waals surface area contributed by atoms with Crippen molar-refractivity contribution in [1.29, 1.82) is 0 Å². The van der Waals surface area contributed by atoms with E-state index < -0.39 is 0 Å². The van der Waals surface area contributed by atoms with Gasteiger partial charge in [0.05, 0.1) is 11.0 Å². The van der Waals surface area contributed by atoms with Crippen molar-refractivity contribution in [2.45, 2.75) is 13.0 Å². The molecule has 0 bridgehead atoms. The van der Waals surface area contributed by atoms with Crippen molar-refractivity contribution in [3.8, 4) is 0 Å². The van der Waals surface area contributed by atoms with Crippen LogP contribution in [-0.2, 0) is 13.0 Å². The Balaban J connectivity index is 1.74. The second-order valence-corrected chi connectivity index (χ2v) is 6.15. The van der Waals surface area contributed by atoms with Gasteiger partial charge in [-0.2, -0.15) is 0 Å². The highest BCUT2D eigenvalue weighted by molar-refractivity contribution is 5.76. The summed E-state index contributed by atoms with van der Waals surface area (Å²) in [5.41, 5.74) is 10.8. The van der Waals surface area contributed by atoms with Gasteiger partial charge in [0.25, 0.3) is 0 Å². The number of halogens is 1. The number of aromatic nitrogens is 2. The predicted molar refractivity (Wildman–Crippen MR) is 98.9 cm³/mol. The van der Waals surface area contributed by atoms with Crippen LogP contribution in [-0.4, -0.2) is 9.55 Å². The van der Waals surface area contributed by atoms with Crippen molar-refractivity contribution in [1.82, 2.24) is 9.55 Å². The van der Waals surface area contributed by atoms with Crippen LogP contribution in [0.2, 0.25) is 0 Å². The minimum absolute atomic E-state index is 0.221. The zero-order valence-corrected chi connectivity index (χ0v) is 13.7. The van der Waals surface area contributed by atoms with E-state index in [4.69, 9.17) is 10.7 Å². The molecule has 0 saturated carbocycles. The number of hydrogen-bond donors (Lipinski definition) is 1. The van der Waals surface area contributed by atoms with Crippen LogP contribution in [0.5, 0.6) is 0 Å². The number of para-hydroxylation sites is 2. The van der Waals surface area contributed by atoms with Crippen molar-refractivity contribution >= 4 is 16.7 Å². The Morgan fingerprint density at radius 3 is 2.28 bits per heavy atom. The smallest absolute Gasteiger partial charge is 0.123 e. The van der Waals surface area contributed by atoms with Crippen molar-refractivity contribution < 1.29 is 4.39 Å². The first kappa shape index (κ1) is 15.4. The number of benzene rings is 3. The summed E-state index contributed by atoms with van der Waals surface area (Å²) in [6.07, 6.45) is 0.718. The molecule has 1 heterocycles. The van der Waals surface area contributed by atoms with Crippen molar-refractivity contribution in [3.63, 3.8) is 0 Å². The third-order valence-corrected chi connectivity index (χ3v) is 4.33. The number of anilines is 1. The summed E-state index contributed by atoms with van der Waals surface area (Å²) in [6, 6.07) is 22.6. The highest BCUT2D eigenvalue weighted by atomic mass is 19.1. The Labute approximate surface area is 145 Å². The Morgan fingerprint density at radius 1 is 0.840 bits per heavy atom. The third kappa shape index (κ3) is 3.24. The van der Waals surface area contributed by atoms with E-state index in [1.54, 1.807) is 0 Å². The Kier molecular flexibility index (Phi) is 3.94. The van der Waals surface area contributed by atoms with Gasteiger partial charge in [0.2, 0.25) is 0 Å². The number of rotatable bonds is 4. The molecule has 0 aliphatic heterocycles. The summed E-state index contributed by atoms with van der Waals surface area (Å²) in [4.78, 5) is 4.80. The molecule has 25 heavy (non-hydrogen) atoms. The molecule has 4 aromatic rings. The standard InChI is InChI=1S/C21H18FN3/c22-17-9-5-16(6-10-17)14-25-20-4-2-1-3-19(20)24-21(25)13-15-7-11-18(23)12-8-15/h1-12H,13-14,23H2. The normalized spacial score (nSPS) is 11.1. The minimum Gasteiger partial charge on any atom is -0.399 e. The maximum atomic E-state index is 13.2. The molecule has 0 spiro atoms. The zero-order valence-electron chi connectivity index (χ0n) is 13.7. The molecular weight excluding hydrogens is 313 g/mol. The lowest BCUT2D eigenvalue weighted by atomic mass is 10.1. The van der Waals surface area contributed by atoms with E-state index in [0.29, 0.717) is 6.54 Å². The van der Waals surface area contributed by atoms with Gasteiger partial charge in [-0.05, 0) is 47.5 Å². The largest absolute Gasteiger partial charge is 0.399 e. The lowest BCUT2D eigenvalue weighted by Gasteiger charge is -2.10. The molecule has 0 aliphatic carbocycles. The molecule has 0 saturated heterocycles. The third-order valence-electron chi connectivity index (χ3n) is 4.33. The van der Waals surface area contributed by atoms with E-state index in [2.05, 4.69) is 10.6 Å². The van der Waals surface area contributed by atoms with E-state index in [0.717, 1.165) is 40.1 Å². The van der Waals surface area contributed by atoms with Gasteiger partial charge in [-0.1, -0.05) is 36.4 Å². The summed E-state index contributed by atoms with van der Waals surface area (Å²) < 4.78 is 15.4. The number of nitrogens with two attached hydrogens (primary N) is 1. The predicted octanol–water partition coefficient (Wildman–Crippen LogP) is 4.40. The highest BCUT2D eigenvalue weighted by Gasteiger charge is 2.11. The number of hydrogen-bond acceptors (Lipinski definition) is 2. The lowest BCUT2D eigenvalue weighted by Crippen LogP contribution is -2.06. The first-order chi connectivity index (χ1) is 12.2. The summed E-state index contributed by atoms with van der Waals surface area (Å²) in [7, 11) is 0. The van der Waals surface area contributed by atoms with Crippen molar-refractivity contribution in [2.75, 3.05) is 5.73 Å². The van der Waals surface area contributed by atoms with Crippen LogP contribution in [0.15, 0.2) is 72.8 Å². The van der Waals surface area contributed by atoms with Crippen LogP contribution in [0.25, 0.3) is 11.0 Å². The molecule has 0 unspecified atom stereocenters. The van der Waals surface area contributed by atoms with Gasteiger partial charge in [-0.15, -0.1) is 0 Å². The quantitative estimate of drug-likeness (QED) is 0.563. The second kappa shape index (κ2) is 6.40. The summed E-state index contributed by atoms with van der Waals surface area (Å²) in [5.74, 6) is 0.761. The van der Waals surface area contributed by atoms with E-state index in [1.165, 1.54) is 12.1 Å². The molecule has 0 fully saturated rings. The van der Waals surface area contributed by atoms with Crippen LogP contribution in [0.1, 0.15) is 17.0 Å². The number of fused-ring (bicyclic) bond motifs is 1. The van der Waals surface area contributed by atoms with Gasteiger partial charge in [0, 0.05) is 18.7 Å². The molecule has 0 radical (unpaired) electrons. The van der Waals surface area contributed by atoms with Gasteiger partial charge >= 0.3 is 0 Å². The molecule has 124 valence electrons. The fourth-order valence-electron chi connectivity index (χ4n) is 3.03. The van der Waals surface area contributed by atoms with Crippen molar-refractivity contribution in [3.05, 3.63) is 95.6 Å². The molecule has 0 aliphatic rings. The van der Waals surface area contributed by atoms with Gasteiger partial charge in [0.1, 0.15) is 11.6 Å². The molecule has 3 aromatic carbocycles. The molecule has 3 nitrogen and oxygen atoms in total. The maximum absolute atomic E-state index is 13.2. The molecule has 4 rings (SSSR count). The lowest BCUT2D eigenvalue weighted by molar-refractivity contribution is 0.626. The monoisotopic (exact) mass is 331 g/mol. The minimum atomic E-state index is -0.221. The molecule has 4 heteroatoms. The number of imidazole rings is 1. The fraction of sp³-hybridized carbons (Fsp3) is 0.0952. The van der Waals surface area contributed by atoms with Crippen molar-refractivity contribution in [2.24, 2.45) is 0 Å². The van der Waals surface area contributed by atoms with Gasteiger partial charge in [-0.25, -0.2) is 9.37 Å². The van der Waals surface area contributed by atoms with E-state index in [-0.39, 0.29) is 5.82 Å². The molecule has 1 aromatic heterocycles. The molecule has 0 amide bonds. The second-order valence-electron chi connectivity index (χ2n) is 6.15. The average Bonchev–Trinajstić information content (AvgIpc) is 2.96. The van der Waals surface area contributed by atoms with Crippen LogP contribution in [0.4, 0.5) is 10.1 Å². The Hall–Kier alpha value is -3.14. The van der Waals surface area contributed by atoms with Gasteiger partial charge in [0.15, 0.2) is 0 Å². The topological polar surface area (TPSA) is 43.8 Å². The fourth-order valence-corrected chi connectivity index (χ4v) is 3.03. The van der Waals surface area contributed by atoms with E-state index >= 15 is 0 Å². The van der Waals surface area contributed by atoms with Crippen LogP contribution >= 0.6 is 0 Å². The van der Waals surface area contributed by atoms with Crippen LogP contribution in [0, 0.1) is 5.82 Å². The molecule has 0 atom stereocenters. The first-order valence-corrected chi connectivity index (χ1v) is 8.22. The van der Waals surface area contributed by atoms with E-state index in [9.17, 15) is 4.39 Å². The summed E-state index contributed by atoms with van der Waals surface area (Å²) in [5, 5.41) is 0. The summed E-state index contributed by atoms with van der Waals surface area (Å²) in [6.45, 7) is 0.658. The SMILES string of the molecule is Nc1ccc(Cc2nc3ccccc3n2Cc2ccc(F)cc2)cc1. The average molecular weight is 331 g/mol. The zero-order chi connectivity index (χ0) is 17.2.